The van der Waals surface area contributed by atoms with Crippen LogP contribution in [0.4, 0.5) is 0 Å². The van der Waals surface area contributed by atoms with E-state index in [0.29, 0.717) is 24.9 Å². The third kappa shape index (κ3) is 13.1. The highest BCUT2D eigenvalue weighted by molar-refractivity contribution is 7.91. The summed E-state index contributed by atoms with van der Waals surface area (Å²) in [6.07, 6.45) is 2.49. The number of aromatic nitrogens is 1. The molecule has 0 fully saturated rings. The van der Waals surface area contributed by atoms with Crippen molar-refractivity contribution in [2.75, 3.05) is 44.9 Å². The Kier molecular flexibility index (Phi) is 16.0. The van der Waals surface area contributed by atoms with Gasteiger partial charge in [0.15, 0.2) is 9.84 Å². The maximum atomic E-state index is 14.1. The first-order valence-corrected chi connectivity index (χ1v) is 16.7. The number of carbonyl (C=O) groups excluding carboxylic acids is 3. The highest BCUT2D eigenvalue weighted by atomic mass is 32.2. The van der Waals surface area contributed by atoms with E-state index in [4.69, 9.17) is 4.74 Å². The average Bonchev–Trinajstić information content (AvgIpc) is 3.00. The summed E-state index contributed by atoms with van der Waals surface area (Å²) in [5.74, 6) is -2.40. The molecule has 244 valence electrons. The van der Waals surface area contributed by atoms with Crippen molar-refractivity contribution in [2.45, 2.75) is 58.3 Å². The molecule has 3 amide bonds. The molecule has 2 aromatic rings. The smallest absolute Gasteiger partial charge is 0.253 e. The number of methoxy groups -OCH3 is 1. The fourth-order valence-electron chi connectivity index (χ4n) is 4.34. The predicted octanol–water partition coefficient (Wildman–Crippen LogP) is 1.16. The molecule has 0 aliphatic rings. The summed E-state index contributed by atoms with van der Waals surface area (Å²) < 4.78 is 31.2. The molecule has 1 heterocycles. The Morgan fingerprint density at radius 1 is 1.09 bits per heavy atom. The molecule has 12 nitrogen and oxygen atoms in total. The number of pyridine rings is 1. The predicted molar refractivity (Wildman–Crippen MR) is 168 cm³/mol. The van der Waals surface area contributed by atoms with E-state index in [9.17, 15) is 27.9 Å². The van der Waals surface area contributed by atoms with Crippen LogP contribution in [0, 0.1) is 5.92 Å². The Hall–Kier alpha value is -3.39. The number of ether oxygens (including phenoxy) is 1. The normalized spacial score (nSPS) is 13.6. The topological polar surface area (TPSA) is 167 Å². The van der Waals surface area contributed by atoms with Crippen molar-refractivity contribution in [3.05, 3.63) is 66.0 Å². The minimum Gasteiger partial charge on any atom is -0.389 e. The Bertz CT molecular complexity index is 1260. The zero-order valence-electron chi connectivity index (χ0n) is 26.1. The van der Waals surface area contributed by atoms with Gasteiger partial charge in [-0.1, -0.05) is 57.5 Å². The Morgan fingerprint density at radius 3 is 2.43 bits per heavy atom. The van der Waals surface area contributed by atoms with E-state index in [-0.39, 0.29) is 43.5 Å². The average molecular weight is 634 g/mol. The van der Waals surface area contributed by atoms with Gasteiger partial charge in [0.2, 0.25) is 11.8 Å². The van der Waals surface area contributed by atoms with Crippen molar-refractivity contribution < 1.29 is 32.6 Å². The van der Waals surface area contributed by atoms with E-state index >= 15 is 0 Å². The summed E-state index contributed by atoms with van der Waals surface area (Å²) in [7, 11) is -2.23. The molecule has 3 unspecified atom stereocenters. The van der Waals surface area contributed by atoms with Crippen LogP contribution >= 0.6 is 0 Å². The first-order chi connectivity index (χ1) is 21.0. The Labute approximate surface area is 260 Å². The molecule has 3 atom stereocenters. The second-order valence-corrected chi connectivity index (χ2v) is 13.3. The van der Waals surface area contributed by atoms with Gasteiger partial charge in [0.1, 0.15) is 12.1 Å². The molecular formula is C31H47N5O7S. The molecule has 0 saturated carbocycles. The zero-order chi connectivity index (χ0) is 32.5. The lowest BCUT2D eigenvalue weighted by Gasteiger charge is -2.32. The van der Waals surface area contributed by atoms with Gasteiger partial charge < -0.3 is 30.7 Å². The van der Waals surface area contributed by atoms with Crippen molar-refractivity contribution in [2.24, 2.45) is 5.92 Å². The Morgan fingerprint density at radius 2 is 1.82 bits per heavy atom. The van der Waals surface area contributed by atoms with E-state index in [2.05, 4.69) is 20.9 Å². The molecule has 1 aromatic carbocycles. The first kappa shape index (κ1) is 36.8. The molecule has 2 rings (SSSR count). The van der Waals surface area contributed by atoms with Gasteiger partial charge in [0.05, 0.1) is 29.8 Å². The second-order valence-electron chi connectivity index (χ2n) is 11.1. The highest BCUT2D eigenvalue weighted by Gasteiger charge is 2.35. The van der Waals surface area contributed by atoms with E-state index in [1.165, 1.54) is 30.5 Å². The molecule has 0 saturated heterocycles. The lowest BCUT2D eigenvalue weighted by Crippen LogP contribution is -2.58. The van der Waals surface area contributed by atoms with Gasteiger partial charge in [-0.2, -0.15) is 0 Å². The van der Waals surface area contributed by atoms with Crippen LogP contribution in [0.1, 0.15) is 49.5 Å². The van der Waals surface area contributed by atoms with Gasteiger partial charge in [0, 0.05) is 45.7 Å². The van der Waals surface area contributed by atoms with Gasteiger partial charge in [0.25, 0.3) is 5.91 Å². The van der Waals surface area contributed by atoms with Crippen LogP contribution in [0.25, 0.3) is 0 Å². The van der Waals surface area contributed by atoms with E-state index in [1.54, 1.807) is 30.3 Å². The number of nitrogens with zero attached hydrogens (tertiary/aromatic N) is 2. The summed E-state index contributed by atoms with van der Waals surface area (Å²) in [6, 6.07) is 9.50. The molecule has 13 heteroatoms. The summed E-state index contributed by atoms with van der Waals surface area (Å²) in [6.45, 7) is 6.37. The molecule has 1 aromatic heterocycles. The van der Waals surface area contributed by atoms with E-state index in [0.717, 1.165) is 0 Å². The van der Waals surface area contributed by atoms with E-state index < -0.39 is 51.5 Å². The maximum Gasteiger partial charge on any atom is 0.253 e. The standard InChI is InChI=1S/C31H47N5O7S/c1-5-6-17-44(41,42)22-26(35-29(38)25-13-10-14-32-19-25)31(40)36(20-24-11-8-7-9-12-24)21-27(37)28(33-15-16-43-4)30(39)34-18-23(2)3/h7-14,19,23,26-28,33,37H,5-6,15-18,20-22H2,1-4H3,(H,34,39)(H,35,38). The number of hydrogen-bond acceptors (Lipinski definition) is 9. The van der Waals surface area contributed by atoms with E-state index in [1.807, 2.05) is 26.8 Å². The van der Waals surface area contributed by atoms with Crippen LogP contribution in [0.15, 0.2) is 54.9 Å². The van der Waals surface area contributed by atoms with Crippen LogP contribution < -0.4 is 16.0 Å². The minimum atomic E-state index is -3.74. The third-order valence-electron chi connectivity index (χ3n) is 6.71. The zero-order valence-corrected chi connectivity index (χ0v) is 26.9. The quantitative estimate of drug-likeness (QED) is 0.157. The molecular weight excluding hydrogens is 586 g/mol. The fraction of sp³-hybridized carbons (Fsp3) is 0.548. The minimum absolute atomic E-state index is 0.00338. The number of aliphatic hydroxyl groups excluding tert-OH is 1. The second kappa shape index (κ2) is 19.1. The lowest BCUT2D eigenvalue weighted by molar-refractivity contribution is -0.137. The van der Waals surface area contributed by atoms with Crippen LogP contribution in [0.2, 0.25) is 0 Å². The summed E-state index contributed by atoms with van der Waals surface area (Å²) in [5, 5.41) is 19.8. The van der Waals surface area contributed by atoms with Gasteiger partial charge in [-0.25, -0.2) is 8.42 Å². The number of sulfone groups is 1. The van der Waals surface area contributed by atoms with Crippen molar-refractivity contribution in [1.29, 1.82) is 0 Å². The molecule has 4 N–H and O–H groups in total. The number of carbonyl (C=O) groups is 3. The molecule has 0 aliphatic heterocycles. The molecule has 0 bridgehead atoms. The Balaban J connectivity index is 2.43. The number of hydrogen-bond donors (Lipinski definition) is 4. The van der Waals surface area contributed by atoms with Gasteiger partial charge >= 0.3 is 0 Å². The lowest BCUT2D eigenvalue weighted by atomic mass is 10.1. The first-order valence-electron chi connectivity index (χ1n) is 14.9. The summed E-state index contributed by atoms with van der Waals surface area (Å²) >= 11 is 0. The van der Waals surface area contributed by atoms with Crippen molar-refractivity contribution in [3.63, 3.8) is 0 Å². The number of unbranched alkanes of at least 4 members (excludes halogenated alkanes) is 1. The van der Waals surface area contributed by atoms with Gasteiger partial charge in [-0.15, -0.1) is 0 Å². The molecule has 0 radical (unpaired) electrons. The fourth-order valence-corrected chi connectivity index (χ4v) is 5.97. The number of nitrogens with one attached hydrogen (secondary N) is 3. The molecule has 0 spiro atoms. The van der Waals surface area contributed by atoms with Crippen molar-refractivity contribution in [1.82, 2.24) is 25.8 Å². The van der Waals surface area contributed by atoms with Crippen LogP contribution in [0.5, 0.6) is 0 Å². The van der Waals surface area contributed by atoms with Crippen molar-refractivity contribution in [3.8, 4) is 0 Å². The SMILES string of the molecule is CCCCS(=O)(=O)CC(NC(=O)c1cccnc1)C(=O)N(Cc1ccccc1)CC(O)C(NCCOC)C(=O)NCC(C)C. The number of aliphatic hydroxyl groups is 1. The molecule has 44 heavy (non-hydrogen) atoms. The molecule has 0 aliphatic carbocycles. The highest BCUT2D eigenvalue weighted by Crippen LogP contribution is 2.12. The van der Waals surface area contributed by atoms with Gasteiger partial charge in [-0.3, -0.25) is 19.4 Å². The summed E-state index contributed by atoms with van der Waals surface area (Å²) in [4.78, 5) is 45.6. The van der Waals surface area contributed by atoms with Gasteiger partial charge in [-0.05, 0) is 30.0 Å². The monoisotopic (exact) mass is 633 g/mol. The third-order valence-corrected chi connectivity index (χ3v) is 8.47. The van der Waals surface area contributed by atoms with Crippen molar-refractivity contribution >= 4 is 27.6 Å². The summed E-state index contributed by atoms with van der Waals surface area (Å²) in [5.41, 5.74) is 0.877. The number of rotatable bonds is 20. The number of amides is 3. The number of benzene rings is 1. The largest absolute Gasteiger partial charge is 0.389 e. The van der Waals surface area contributed by atoms with Crippen LogP contribution in [-0.2, 0) is 30.7 Å². The van der Waals surface area contributed by atoms with Crippen LogP contribution in [0.3, 0.4) is 0 Å². The maximum absolute atomic E-state index is 14.1. The van der Waals surface area contributed by atoms with Crippen LogP contribution in [-0.4, -0.2) is 104 Å².